The lowest BCUT2D eigenvalue weighted by atomic mass is 10.3. The lowest BCUT2D eigenvalue weighted by Crippen LogP contribution is -2.23. The third kappa shape index (κ3) is 2.86. The van der Waals surface area contributed by atoms with E-state index >= 15 is 0 Å². The molecule has 0 fully saturated rings. The van der Waals surface area contributed by atoms with Gasteiger partial charge in [0.2, 0.25) is 5.82 Å². The van der Waals surface area contributed by atoms with Gasteiger partial charge < -0.3 is 5.43 Å². The standard InChI is InChI=1S/C9H8BrFN6O2/c10-5-3-4(1-2-6(5)11)13-8(15-18)7-9(14-12)17-19-16-7/h1-3,18H,12H2,(H,13,15)(H,14,17). The van der Waals surface area contributed by atoms with Gasteiger partial charge in [0, 0.05) is 0 Å². The van der Waals surface area contributed by atoms with Crippen molar-refractivity contribution < 1.29 is 14.2 Å². The third-order valence-electron chi connectivity index (χ3n) is 2.10. The number of benzene rings is 1. The van der Waals surface area contributed by atoms with Gasteiger partial charge in [-0.3, -0.25) is 10.7 Å². The first-order chi connectivity index (χ1) is 9.15. The number of nitrogens with zero attached hydrogens (tertiary/aromatic N) is 3. The number of nitrogens with two attached hydrogens (primary N) is 1. The molecule has 0 aliphatic carbocycles. The zero-order valence-electron chi connectivity index (χ0n) is 9.26. The number of hydroxylamine groups is 1. The van der Waals surface area contributed by atoms with Crippen LogP contribution in [0.25, 0.3) is 0 Å². The highest BCUT2D eigenvalue weighted by Gasteiger charge is 2.15. The largest absolute Gasteiger partial charge is 0.304 e. The molecule has 0 unspecified atom stereocenters. The average molecular weight is 331 g/mol. The fraction of sp³-hybridized carbons (Fsp3) is 0. The molecule has 0 bridgehead atoms. The van der Waals surface area contributed by atoms with Gasteiger partial charge in [-0.05, 0) is 44.4 Å². The Morgan fingerprint density at radius 1 is 1.47 bits per heavy atom. The van der Waals surface area contributed by atoms with Crippen molar-refractivity contribution in [3.05, 3.63) is 34.2 Å². The number of nitrogen functional groups attached to an aromatic ring is 1. The minimum absolute atomic E-state index is 0.0623. The molecule has 0 radical (unpaired) electrons. The number of hydrazine groups is 1. The molecular weight excluding hydrogens is 323 g/mol. The molecule has 0 saturated heterocycles. The van der Waals surface area contributed by atoms with Crippen LogP contribution in [0.3, 0.4) is 0 Å². The van der Waals surface area contributed by atoms with E-state index in [1.165, 1.54) is 18.2 Å². The Kier molecular flexibility index (Phi) is 4.04. The Morgan fingerprint density at radius 2 is 2.26 bits per heavy atom. The number of anilines is 1. The van der Waals surface area contributed by atoms with Crippen molar-refractivity contribution in [2.75, 3.05) is 5.43 Å². The van der Waals surface area contributed by atoms with Gasteiger partial charge in [0.25, 0.3) is 0 Å². The predicted molar refractivity (Wildman–Crippen MR) is 67.3 cm³/mol. The maximum absolute atomic E-state index is 13.1. The quantitative estimate of drug-likeness (QED) is 0.289. The van der Waals surface area contributed by atoms with Gasteiger partial charge in [0.15, 0.2) is 11.5 Å². The molecule has 1 aromatic heterocycles. The van der Waals surface area contributed by atoms with Crippen LogP contribution < -0.4 is 16.7 Å². The highest BCUT2D eigenvalue weighted by molar-refractivity contribution is 9.10. The van der Waals surface area contributed by atoms with E-state index in [-0.39, 0.29) is 21.8 Å². The van der Waals surface area contributed by atoms with Gasteiger partial charge >= 0.3 is 0 Å². The van der Waals surface area contributed by atoms with Crippen molar-refractivity contribution in [3.63, 3.8) is 0 Å². The van der Waals surface area contributed by atoms with Crippen LogP contribution in [0.15, 0.2) is 32.3 Å². The highest BCUT2D eigenvalue weighted by atomic mass is 79.9. The van der Waals surface area contributed by atoms with Crippen molar-refractivity contribution in [2.24, 2.45) is 10.8 Å². The first kappa shape index (κ1) is 13.4. The second-order valence-corrected chi connectivity index (χ2v) is 4.13. The summed E-state index contributed by atoms with van der Waals surface area (Å²) in [5.41, 5.74) is 4.52. The third-order valence-corrected chi connectivity index (χ3v) is 2.71. The molecular formula is C9H8BrFN6O2. The number of hydrogen-bond donors (Lipinski definition) is 4. The van der Waals surface area contributed by atoms with E-state index in [9.17, 15) is 4.39 Å². The van der Waals surface area contributed by atoms with E-state index in [1.54, 1.807) is 0 Å². The molecule has 5 N–H and O–H groups in total. The molecule has 1 heterocycles. The highest BCUT2D eigenvalue weighted by Crippen LogP contribution is 2.23. The number of amidine groups is 1. The van der Waals surface area contributed by atoms with Gasteiger partial charge in [0.05, 0.1) is 10.2 Å². The molecule has 0 spiro atoms. The second-order valence-electron chi connectivity index (χ2n) is 3.28. The van der Waals surface area contributed by atoms with Gasteiger partial charge in [-0.2, -0.15) is 0 Å². The summed E-state index contributed by atoms with van der Waals surface area (Å²) in [6, 6.07) is 4.07. The number of hydrogen-bond acceptors (Lipinski definition) is 7. The summed E-state index contributed by atoms with van der Waals surface area (Å²) in [4.78, 5) is 4.03. The summed E-state index contributed by atoms with van der Waals surface area (Å²) in [6.45, 7) is 0. The van der Waals surface area contributed by atoms with E-state index in [0.717, 1.165) is 0 Å². The summed E-state index contributed by atoms with van der Waals surface area (Å²) in [6.07, 6.45) is 0. The molecule has 0 atom stereocenters. The first-order valence-corrected chi connectivity index (χ1v) is 5.68. The van der Waals surface area contributed by atoms with Crippen molar-refractivity contribution >= 4 is 33.3 Å². The van der Waals surface area contributed by atoms with Gasteiger partial charge in [-0.1, -0.05) is 0 Å². The van der Waals surface area contributed by atoms with Crippen LogP contribution >= 0.6 is 15.9 Å². The molecule has 2 rings (SSSR count). The second kappa shape index (κ2) is 5.73. The number of rotatable bonds is 3. The molecule has 0 amide bonds. The molecule has 2 aromatic rings. The lowest BCUT2D eigenvalue weighted by molar-refractivity contribution is 0.234. The summed E-state index contributed by atoms with van der Waals surface area (Å²) in [5, 5.41) is 16.0. The molecule has 0 saturated carbocycles. The fourth-order valence-corrected chi connectivity index (χ4v) is 1.62. The molecule has 10 heteroatoms. The monoisotopic (exact) mass is 330 g/mol. The Hall–Kier alpha value is -2.04. The molecule has 0 aliphatic heterocycles. The number of aromatic nitrogens is 2. The van der Waals surface area contributed by atoms with E-state index in [2.05, 4.69) is 41.3 Å². The van der Waals surface area contributed by atoms with Crippen LogP contribution in [0, 0.1) is 5.82 Å². The van der Waals surface area contributed by atoms with Crippen LogP contribution in [0.5, 0.6) is 0 Å². The molecule has 1 aromatic carbocycles. The van der Waals surface area contributed by atoms with Crippen LogP contribution in [-0.2, 0) is 0 Å². The maximum atomic E-state index is 13.1. The number of halogens is 2. The van der Waals surface area contributed by atoms with E-state index in [4.69, 9.17) is 11.0 Å². The minimum atomic E-state index is -0.426. The van der Waals surface area contributed by atoms with Crippen molar-refractivity contribution in [1.29, 1.82) is 0 Å². The molecule has 100 valence electrons. The van der Waals surface area contributed by atoms with Crippen molar-refractivity contribution in [2.45, 2.75) is 0 Å². The predicted octanol–water partition coefficient (Wildman–Crippen LogP) is 1.31. The Labute approximate surface area is 114 Å². The maximum Gasteiger partial charge on any atom is 0.216 e. The summed E-state index contributed by atoms with van der Waals surface area (Å²) >= 11 is 3.03. The number of aliphatic imine (C=N–C) groups is 1. The topological polar surface area (TPSA) is 122 Å². The SMILES string of the molecule is NNc1nonc1C(=Nc1ccc(F)c(Br)c1)NO. The first-order valence-electron chi connectivity index (χ1n) is 4.89. The van der Waals surface area contributed by atoms with E-state index in [0.29, 0.717) is 5.69 Å². The van der Waals surface area contributed by atoms with Gasteiger partial charge in [0.1, 0.15) is 5.82 Å². The van der Waals surface area contributed by atoms with Gasteiger partial charge in [-0.15, -0.1) is 0 Å². The Morgan fingerprint density at radius 3 is 2.89 bits per heavy atom. The van der Waals surface area contributed by atoms with Crippen molar-refractivity contribution in [3.8, 4) is 0 Å². The van der Waals surface area contributed by atoms with E-state index < -0.39 is 5.82 Å². The van der Waals surface area contributed by atoms with Crippen LogP contribution in [0.1, 0.15) is 5.69 Å². The molecule has 0 aliphatic rings. The molecule has 19 heavy (non-hydrogen) atoms. The van der Waals surface area contributed by atoms with Crippen LogP contribution in [0.2, 0.25) is 0 Å². The zero-order chi connectivity index (χ0) is 13.8. The summed E-state index contributed by atoms with van der Waals surface area (Å²) in [7, 11) is 0. The van der Waals surface area contributed by atoms with Crippen LogP contribution in [0.4, 0.5) is 15.9 Å². The molecule has 8 nitrogen and oxygen atoms in total. The Bertz CT molecular complexity index is 617. The Balaban J connectivity index is 2.41. The lowest BCUT2D eigenvalue weighted by Gasteiger charge is -2.03. The summed E-state index contributed by atoms with van der Waals surface area (Å²) < 4.78 is 17.8. The normalized spacial score (nSPS) is 11.5. The van der Waals surface area contributed by atoms with Gasteiger partial charge in [-0.25, -0.2) is 19.9 Å². The fourth-order valence-electron chi connectivity index (χ4n) is 1.25. The minimum Gasteiger partial charge on any atom is -0.304 e. The van der Waals surface area contributed by atoms with E-state index in [1.807, 2.05) is 5.48 Å². The smallest absolute Gasteiger partial charge is 0.216 e. The zero-order valence-corrected chi connectivity index (χ0v) is 10.8. The van der Waals surface area contributed by atoms with Crippen LogP contribution in [-0.4, -0.2) is 21.4 Å². The average Bonchev–Trinajstić information content (AvgIpc) is 2.88. The van der Waals surface area contributed by atoms with Crippen molar-refractivity contribution in [1.82, 2.24) is 15.8 Å². The summed E-state index contributed by atoms with van der Waals surface area (Å²) in [5.74, 6) is 4.79. The number of nitrogens with one attached hydrogen (secondary N) is 2.